The molecule has 1 aromatic carbocycles. The lowest BCUT2D eigenvalue weighted by Gasteiger charge is -2.38. The molecule has 1 atom stereocenters. The molecule has 1 fully saturated rings. The van der Waals surface area contributed by atoms with E-state index >= 15 is 0 Å². The largest absolute Gasteiger partial charge is 0.491 e. The number of amides is 2. The fraction of sp³-hybridized carbons (Fsp3) is 0.650. The summed E-state index contributed by atoms with van der Waals surface area (Å²) < 4.78 is 5.74. The van der Waals surface area contributed by atoms with Gasteiger partial charge in [-0.05, 0) is 45.7 Å². The maximum atomic E-state index is 12.6. The highest BCUT2D eigenvalue weighted by Crippen LogP contribution is 2.23. The molecule has 2 aliphatic heterocycles. The molecule has 1 N–H and O–H groups in total. The maximum absolute atomic E-state index is 12.6. The van der Waals surface area contributed by atoms with Crippen molar-refractivity contribution in [1.29, 1.82) is 0 Å². The lowest BCUT2D eigenvalue weighted by atomic mass is 9.98. The van der Waals surface area contributed by atoms with Crippen LogP contribution >= 0.6 is 0 Å². The summed E-state index contributed by atoms with van der Waals surface area (Å²) in [5.41, 5.74) is 1.08. The number of ether oxygens (including phenoxy) is 1. The first kappa shape index (κ1) is 18.1. The molecule has 138 valence electrons. The average molecular weight is 345 g/mol. The van der Waals surface area contributed by atoms with Crippen LogP contribution in [-0.4, -0.2) is 54.2 Å². The minimum absolute atomic E-state index is 0.0206. The van der Waals surface area contributed by atoms with Gasteiger partial charge in [0.25, 0.3) is 0 Å². The minimum atomic E-state index is 0.0206. The van der Waals surface area contributed by atoms with Gasteiger partial charge in [0.05, 0.1) is 13.1 Å². The van der Waals surface area contributed by atoms with Crippen LogP contribution in [0.25, 0.3) is 0 Å². The highest BCUT2D eigenvalue weighted by molar-refractivity contribution is 5.74. The van der Waals surface area contributed by atoms with Gasteiger partial charge in [-0.3, -0.25) is 4.90 Å². The van der Waals surface area contributed by atoms with Gasteiger partial charge in [0.1, 0.15) is 12.4 Å². The van der Waals surface area contributed by atoms with Crippen LogP contribution < -0.4 is 10.1 Å². The zero-order valence-corrected chi connectivity index (χ0v) is 15.5. The number of likely N-dealkylation sites (tertiary alicyclic amines) is 1. The van der Waals surface area contributed by atoms with Crippen molar-refractivity contribution in [3.05, 3.63) is 29.8 Å². The average Bonchev–Trinajstić information content (AvgIpc) is 2.84. The topological polar surface area (TPSA) is 44.8 Å². The molecule has 5 nitrogen and oxygen atoms in total. The SMILES string of the molecule is CC(C)N1CCCC[C@@H]1CCNC(=O)N1CCOc2ccccc2C1. The molecule has 5 heteroatoms. The Kier molecular flexibility index (Phi) is 6.19. The number of fused-ring (bicyclic) bond motifs is 1. The molecule has 0 aromatic heterocycles. The zero-order valence-electron chi connectivity index (χ0n) is 15.5. The van der Waals surface area contributed by atoms with E-state index in [1.807, 2.05) is 29.2 Å². The van der Waals surface area contributed by atoms with Crippen molar-refractivity contribution >= 4 is 6.03 Å². The predicted octanol–water partition coefficient (Wildman–Crippen LogP) is 3.24. The molecule has 0 radical (unpaired) electrons. The first-order valence-corrected chi connectivity index (χ1v) is 9.64. The standard InChI is InChI=1S/C20H31N3O2/c1-16(2)23-12-6-5-8-18(23)10-11-21-20(24)22-13-14-25-19-9-4-3-7-17(19)15-22/h3-4,7,9,16,18H,5-6,8,10-15H2,1-2H3,(H,21,24)/t18-/m1/s1. The molecule has 2 aliphatic rings. The Morgan fingerprint density at radius 2 is 2.12 bits per heavy atom. The van der Waals surface area contributed by atoms with Crippen molar-refractivity contribution in [2.45, 2.75) is 58.2 Å². The quantitative estimate of drug-likeness (QED) is 0.911. The van der Waals surface area contributed by atoms with E-state index in [4.69, 9.17) is 4.74 Å². The van der Waals surface area contributed by atoms with Crippen LogP contribution in [-0.2, 0) is 6.54 Å². The van der Waals surface area contributed by atoms with E-state index < -0.39 is 0 Å². The molecule has 0 aliphatic carbocycles. The van der Waals surface area contributed by atoms with Gasteiger partial charge in [-0.15, -0.1) is 0 Å². The van der Waals surface area contributed by atoms with Crippen molar-refractivity contribution in [3.63, 3.8) is 0 Å². The van der Waals surface area contributed by atoms with Gasteiger partial charge in [0.2, 0.25) is 0 Å². The molecule has 1 aromatic rings. The number of nitrogens with zero attached hydrogens (tertiary/aromatic N) is 2. The second-order valence-corrected chi connectivity index (χ2v) is 7.38. The Morgan fingerprint density at radius 1 is 1.28 bits per heavy atom. The normalized spacial score (nSPS) is 21.4. The number of rotatable bonds is 4. The fourth-order valence-electron chi connectivity index (χ4n) is 3.97. The summed E-state index contributed by atoms with van der Waals surface area (Å²) in [6.45, 7) is 8.26. The van der Waals surface area contributed by atoms with Crippen LogP contribution in [0.4, 0.5) is 4.79 Å². The number of urea groups is 1. The van der Waals surface area contributed by atoms with Gasteiger partial charge in [0, 0.05) is 24.2 Å². The van der Waals surface area contributed by atoms with E-state index in [0.717, 1.165) is 24.3 Å². The number of carbonyl (C=O) groups is 1. The van der Waals surface area contributed by atoms with Gasteiger partial charge in [-0.25, -0.2) is 4.79 Å². The van der Waals surface area contributed by atoms with E-state index in [9.17, 15) is 4.79 Å². The fourth-order valence-corrected chi connectivity index (χ4v) is 3.97. The van der Waals surface area contributed by atoms with E-state index in [2.05, 4.69) is 24.1 Å². The van der Waals surface area contributed by atoms with Gasteiger partial charge >= 0.3 is 6.03 Å². The number of para-hydroxylation sites is 1. The molecular formula is C20H31N3O2. The Bertz CT molecular complexity index is 576. The van der Waals surface area contributed by atoms with Crippen LogP contribution in [0.3, 0.4) is 0 Å². The van der Waals surface area contributed by atoms with E-state index in [1.165, 1.54) is 25.8 Å². The summed E-state index contributed by atoms with van der Waals surface area (Å²) >= 11 is 0. The third kappa shape index (κ3) is 4.66. The van der Waals surface area contributed by atoms with Gasteiger partial charge < -0.3 is 15.0 Å². The molecule has 0 spiro atoms. The molecule has 0 bridgehead atoms. The summed E-state index contributed by atoms with van der Waals surface area (Å²) in [6, 6.07) is 9.17. The minimum Gasteiger partial charge on any atom is -0.491 e. The first-order chi connectivity index (χ1) is 12.1. The van der Waals surface area contributed by atoms with Crippen molar-refractivity contribution in [2.24, 2.45) is 0 Å². The van der Waals surface area contributed by atoms with Crippen molar-refractivity contribution < 1.29 is 9.53 Å². The molecule has 0 saturated carbocycles. The number of carbonyl (C=O) groups excluding carboxylic acids is 1. The summed E-state index contributed by atoms with van der Waals surface area (Å²) in [7, 11) is 0. The Morgan fingerprint density at radius 3 is 2.96 bits per heavy atom. The zero-order chi connectivity index (χ0) is 17.6. The van der Waals surface area contributed by atoms with Crippen molar-refractivity contribution in [3.8, 4) is 5.75 Å². The Balaban J connectivity index is 1.49. The Labute approximate surface area is 151 Å². The predicted molar refractivity (Wildman–Crippen MR) is 99.8 cm³/mol. The molecule has 1 saturated heterocycles. The van der Waals surface area contributed by atoms with Gasteiger partial charge in [-0.1, -0.05) is 24.6 Å². The van der Waals surface area contributed by atoms with E-state index in [1.54, 1.807) is 0 Å². The smallest absolute Gasteiger partial charge is 0.317 e. The van der Waals surface area contributed by atoms with Crippen molar-refractivity contribution in [2.75, 3.05) is 26.2 Å². The molecular weight excluding hydrogens is 314 g/mol. The lowest BCUT2D eigenvalue weighted by molar-refractivity contribution is 0.105. The third-order valence-corrected chi connectivity index (χ3v) is 5.33. The second kappa shape index (κ2) is 8.56. The molecule has 2 amide bonds. The van der Waals surface area contributed by atoms with E-state index in [-0.39, 0.29) is 6.03 Å². The monoisotopic (exact) mass is 345 g/mol. The molecule has 25 heavy (non-hydrogen) atoms. The van der Waals surface area contributed by atoms with Crippen LogP contribution in [0.2, 0.25) is 0 Å². The van der Waals surface area contributed by atoms with Gasteiger partial charge in [0.15, 0.2) is 0 Å². The Hall–Kier alpha value is -1.75. The van der Waals surface area contributed by atoms with Crippen LogP contribution in [0, 0.1) is 0 Å². The number of nitrogens with one attached hydrogen (secondary N) is 1. The number of hydrogen-bond acceptors (Lipinski definition) is 3. The maximum Gasteiger partial charge on any atom is 0.317 e. The highest BCUT2D eigenvalue weighted by atomic mass is 16.5. The van der Waals surface area contributed by atoms with Crippen LogP contribution in [0.15, 0.2) is 24.3 Å². The molecule has 0 unspecified atom stereocenters. The summed E-state index contributed by atoms with van der Waals surface area (Å²) in [5, 5.41) is 3.12. The van der Waals surface area contributed by atoms with Crippen LogP contribution in [0.5, 0.6) is 5.75 Å². The number of benzene rings is 1. The van der Waals surface area contributed by atoms with Crippen molar-refractivity contribution in [1.82, 2.24) is 15.1 Å². The summed E-state index contributed by atoms with van der Waals surface area (Å²) in [4.78, 5) is 17.0. The number of piperidine rings is 1. The lowest BCUT2D eigenvalue weighted by Crippen LogP contribution is -2.46. The van der Waals surface area contributed by atoms with Crippen LogP contribution in [0.1, 0.15) is 45.1 Å². The summed E-state index contributed by atoms with van der Waals surface area (Å²) in [6.07, 6.45) is 4.89. The van der Waals surface area contributed by atoms with Gasteiger partial charge in [-0.2, -0.15) is 0 Å². The highest BCUT2D eigenvalue weighted by Gasteiger charge is 2.25. The second-order valence-electron chi connectivity index (χ2n) is 7.38. The molecule has 2 heterocycles. The third-order valence-electron chi connectivity index (χ3n) is 5.33. The summed E-state index contributed by atoms with van der Waals surface area (Å²) in [5.74, 6) is 0.896. The number of hydrogen-bond donors (Lipinski definition) is 1. The molecule has 3 rings (SSSR count). The first-order valence-electron chi connectivity index (χ1n) is 9.64. The van der Waals surface area contributed by atoms with E-state index in [0.29, 0.717) is 31.8 Å².